The number of aromatic nitrogens is 1. The number of nitrogens with zero attached hydrogens (tertiary/aromatic N) is 2. The molecule has 0 saturated heterocycles. The van der Waals surface area contributed by atoms with Crippen molar-refractivity contribution in [1.29, 1.82) is 0 Å². The SMILES string of the molecule is O=C(O)C1=CC=c2[nH]c3c(c2C1)N=NC=3. The molecule has 5 nitrogen and oxygen atoms in total. The van der Waals surface area contributed by atoms with Crippen LogP contribution in [0.4, 0.5) is 5.69 Å². The van der Waals surface area contributed by atoms with Crippen molar-refractivity contribution in [3.8, 4) is 0 Å². The molecule has 1 aliphatic heterocycles. The molecule has 0 spiro atoms. The summed E-state index contributed by atoms with van der Waals surface area (Å²) in [5.74, 6) is -0.884. The number of carbonyl (C=O) groups is 1. The molecule has 0 atom stereocenters. The van der Waals surface area contributed by atoms with E-state index in [1.165, 1.54) is 0 Å². The second-order valence-electron chi connectivity index (χ2n) is 3.46. The number of hydrogen-bond acceptors (Lipinski definition) is 3. The van der Waals surface area contributed by atoms with Gasteiger partial charge in [-0.3, -0.25) is 0 Å². The Hall–Kier alpha value is -2.17. The molecule has 0 unspecified atom stereocenters. The molecule has 1 aromatic heterocycles. The van der Waals surface area contributed by atoms with Crippen LogP contribution in [0.2, 0.25) is 0 Å². The van der Waals surface area contributed by atoms with Gasteiger partial charge in [0, 0.05) is 22.9 Å². The maximum absolute atomic E-state index is 10.8. The van der Waals surface area contributed by atoms with Gasteiger partial charge in [0.2, 0.25) is 0 Å². The van der Waals surface area contributed by atoms with Gasteiger partial charge in [0.05, 0.1) is 11.5 Å². The topological polar surface area (TPSA) is 77.8 Å². The van der Waals surface area contributed by atoms with E-state index in [4.69, 9.17) is 5.11 Å². The van der Waals surface area contributed by atoms with E-state index in [0.29, 0.717) is 12.0 Å². The highest BCUT2D eigenvalue weighted by Gasteiger charge is 2.18. The summed E-state index contributed by atoms with van der Waals surface area (Å²) in [6.45, 7) is 0. The van der Waals surface area contributed by atoms with Gasteiger partial charge in [-0.05, 0) is 12.2 Å². The van der Waals surface area contributed by atoms with Crippen LogP contribution in [-0.2, 0) is 11.2 Å². The lowest BCUT2D eigenvalue weighted by atomic mass is 10.0. The molecule has 1 aliphatic carbocycles. The molecule has 0 bridgehead atoms. The third kappa shape index (κ3) is 1.06. The molecule has 2 N–H and O–H groups in total. The smallest absolute Gasteiger partial charge is 0.331 e. The van der Waals surface area contributed by atoms with Crippen LogP contribution in [0.25, 0.3) is 12.3 Å². The molecule has 0 saturated carbocycles. The largest absolute Gasteiger partial charge is 0.478 e. The highest BCUT2D eigenvalue weighted by atomic mass is 16.4. The fraction of sp³-hybridized carbons (Fsp3) is 0.100. The third-order valence-corrected chi connectivity index (χ3v) is 2.57. The van der Waals surface area contributed by atoms with Crippen molar-refractivity contribution in [3.05, 3.63) is 27.9 Å². The van der Waals surface area contributed by atoms with E-state index in [0.717, 1.165) is 21.9 Å². The van der Waals surface area contributed by atoms with Crippen LogP contribution in [0.5, 0.6) is 0 Å². The molecule has 15 heavy (non-hydrogen) atoms. The van der Waals surface area contributed by atoms with Crippen molar-refractivity contribution < 1.29 is 9.90 Å². The summed E-state index contributed by atoms with van der Waals surface area (Å²) >= 11 is 0. The van der Waals surface area contributed by atoms with Gasteiger partial charge in [-0.2, -0.15) is 5.11 Å². The van der Waals surface area contributed by atoms with Crippen LogP contribution < -0.4 is 10.7 Å². The second-order valence-corrected chi connectivity index (χ2v) is 3.46. The molecular weight excluding hydrogens is 194 g/mol. The molecule has 2 heterocycles. The van der Waals surface area contributed by atoms with Gasteiger partial charge in [-0.1, -0.05) is 0 Å². The number of H-pyrrole nitrogens is 1. The lowest BCUT2D eigenvalue weighted by molar-refractivity contribution is -0.132. The van der Waals surface area contributed by atoms with Crippen molar-refractivity contribution in [3.63, 3.8) is 0 Å². The van der Waals surface area contributed by atoms with E-state index >= 15 is 0 Å². The van der Waals surface area contributed by atoms with E-state index in [-0.39, 0.29) is 0 Å². The van der Waals surface area contributed by atoms with Crippen LogP contribution in [0.15, 0.2) is 21.9 Å². The summed E-state index contributed by atoms with van der Waals surface area (Å²) in [5, 5.41) is 18.4. The number of aliphatic carboxylic acids is 1. The number of nitrogens with one attached hydrogen (secondary N) is 1. The summed E-state index contributed by atoms with van der Waals surface area (Å²) in [7, 11) is 0. The van der Waals surface area contributed by atoms with Gasteiger partial charge < -0.3 is 10.1 Å². The highest BCUT2D eigenvalue weighted by molar-refractivity contribution is 5.89. The maximum atomic E-state index is 10.8. The van der Waals surface area contributed by atoms with Crippen molar-refractivity contribution in [1.82, 2.24) is 4.98 Å². The van der Waals surface area contributed by atoms with Crippen LogP contribution in [0.1, 0.15) is 5.56 Å². The minimum absolute atomic E-state index is 0.381. The molecule has 2 aliphatic rings. The minimum Gasteiger partial charge on any atom is -0.478 e. The fourth-order valence-corrected chi connectivity index (χ4v) is 1.82. The number of azo groups is 1. The molecule has 0 amide bonds. The Labute approximate surface area is 84.2 Å². The van der Waals surface area contributed by atoms with Gasteiger partial charge >= 0.3 is 5.97 Å². The summed E-state index contributed by atoms with van der Waals surface area (Å²) < 4.78 is 0. The normalized spacial score (nSPS) is 16.1. The third-order valence-electron chi connectivity index (χ3n) is 2.57. The van der Waals surface area contributed by atoms with Gasteiger partial charge in [0.1, 0.15) is 5.69 Å². The molecule has 1 aromatic rings. The van der Waals surface area contributed by atoms with Crippen LogP contribution >= 0.6 is 0 Å². The van der Waals surface area contributed by atoms with E-state index in [1.807, 2.05) is 0 Å². The molecule has 74 valence electrons. The minimum atomic E-state index is -0.884. The number of rotatable bonds is 1. The zero-order chi connectivity index (χ0) is 10.4. The van der Waals surface area contributed by atoms with Crippen LogP contribution in [0, 0.1) is 0 Å². The van der Waals surface area contributed by atoms with Crippen molar-refractivity contribution >= 4 is 23.9 Å². The number of fused-ring (bicyclic) bond motifs is 3. The maximum Gasteiger partial charge on any atom is 0.331 e. The van der Waals surface area contributed by atoms with Crippen molar-refractivity contribution in [2.45, 2.75) is 6.42 Å². The number of carboxylic acid groups (broad SMARTS) is 1. The average Bonchev–Trinajstić information content (AvgIpc) is 2.75. The second kappa shape index (κ2) is 2.66. The first kappa shape index (κ1) is 8.16. The zero-order valence-electron chi connectivity index (χ0n) is 7.69. The highest BCUT2D eigenvalue weighted by Crippen LogP contribution is 2.20. The fourth-order valence-electron chi connectivity index (χ4n) is 1.82. The Morgan fingerprint density at radius 3 is 3.07 bits per heavy atom. The van der Waals surface area contributed by atoms with Gasteiger partial charge in [-0.25, -0.2) is 4.79 Å². The van der Waals surface area contributed by atoms with Crippen LogP contribution in [-0.4, -0.2) is 16.1 Å². The average molecular weight is 201 g/mol. The van der Waals surface area contributed by atoms with E-state index < -0.39 is 5.97 Å². The Kier molecular flexibility index (Phi) is 1.45. The predicted molar refractivity (Wildman–Crippen MR) is 52.9 cm³/mol. The zero-order valence-corrected chi connectivity index (χ0v) is 7.69. The number of allylic oxidation sites excluding steroid dienone is 1. The first-order chi connectivity index (χ1) is 7.25. The molecule has 5 heteroatoms. The number of hydrogen-bond donors (Lipinski definition) is 2. The molecule has 0 radical (unpaired) electrons. The van der Waals surface area contributed by atoms with Gasteiger partial charge in [0.15, 0.2) is 0 Å². The van der Waals surface area contributed by atoms with E-state index in [9.17, 15) is 4.79 Å². The Bertz CT molecular complexity index is 634. The van der Waals surface area contributed by atoms with Gasteiger partial charge in [-0.15, -0.1) is 5.11 Å². The summed E-state index contributed by atoms with van der Waals surface area (Å²) in [6, 6.07) is 0. The van der Waals surface area contributed by atoms with Gasteiger partial charge in [0.25, 0.3) is 0 Å². The molecular formula is C10H7N3O2. The summed E-state index contributed by atoms with van der Waals surface area (Å²) in [4.78, 5) is 14.0. The van der Waals surface area contributed by atoms with Crippen molar-refractivity contribution in [2.24, 2.45) is 10.2 Å². The molecule has 0 aromatic carbocycles. The predicted octanol–water partition coefficient (Wildman–Crippen LogP) is 0.198. The Morgan fingerprint density at radius 2 is 2.27 bits per heavy atom. The van der Waals surface area contributed by atoms with E-state index in [1.54, 1.807) is 18.4 Å². The first-order valence-corrected chi connectivity index (χ1v) is 4.52. The summed E-state index contributed by atoms with van der Waals surface area (Å²) in [5.41, 5.74) is 2.07. The number of carboxylic acids is 1. The monoisotopic (exact) mass is 201 g/mol. The lowest BCUT2D eigenvalue weighted by Gasteiger charge is -2.04. The Balaban J connectivity index is 2.21. The summed E-state index contributed by atoms with van der Waals surface area (Å²) in [6.07, 6.45) is 5.43. The lowest BCUT2D eigenvalue weighted by Crippen LogP contribution is -2.17. The first-order valence-electron chi connectivity index (χ1n) is 4.52. The van der Waals surface area contributed by atoms with Crippen LogP contribution in [0.3, 0.4) is 0 Å². The quantitative estimate of drug-likeness (QED) is 0.680. The van der Waals surface area contributed by atoms with E-state index in [2.05, 4.69) is 15.2 Å². The number of aromatic amines is 1. The Morgan fingerprint density at radius 1 is 1.40 bits per heavy atom. The van der Waals surface area contributed by atoms with Crippen molar-refractivity contribution in [2.75, 3.05) is 0 Å². The molecule has 3 rings (SSSR count). The standard InChI is InChI=1S/C10H7N3O2/c14-10(15)5-1-2-7-6(3-5)9-8(12-7)4-11-13-9/h1-2,4,12H,3H2,(H,14,15). The molecule has 0 fully saturated rings.